The standard InChI is InChI=1S/C24H18BrNO4/c1-13-11-18(25)20-21(24(29)17-6-4-3-5-16(17)23(20)28)22(13)26-19(27)12-14-7-9-15(30-2)10-8-14/h3-11H,12H2,1-2H3,(H,26,27). The molecule has 30 heavy (non-hydrogen) atoms. The molecule has 4 rings (SSSR count). The number of amides is 1. The second kappa shape index (κ2) is 7.88. The molecule has 0 radical (unpaired) electrons. The molecule has 1 aliphatic carbocycles. The first-order valence-electron chi connectivity index (χ1n) is 9.35. The quantitative estimate of drug-likeness (QED) is 0.475. The van der Waals surface area contributed by atoms with Crippen LogP contribution >= 0.6 is 15.9 Å². The predicted molar refractivity (Wildman–Crippen MR) is 118 cm³/mol. The number of fused-ring (bicyclic) bond motifs is 2. The largest absolute Gasteiger partial charge is 0.497 e. The summed E-state index contributed by atoms with van der Waals surface area (Å²) in [4.78, 5) is 39.1. The Kier molecular flexibility index (Phi) is 5.26. The summed E-state index contributed by atoms with van der Waals surface area (Å²) in [5, 5.41) is 2.86. The Labute approximate surface area is 182 Å². The van der Waals surface area contributed by atoms with Crippen LogP contribution in [0.3, 0.4) is 0 Å². The van der Waals surface area contributed by atoms with Gasteiger partial charge in [0.25, 0.3) is 0 Å². The summed E-state index contributed by atoms with van der Waals surface area (Å²) in [5.41, 5.74) is 3.11. The summed E-state index contributed by atoms with van der Waals surface area (Å²) >= 11 is 3.42. The highest BCUT2D eigenvalue weighted by atomic mass is 79.9. The molecule has 0 fully saturated rings. The summed E-state index contributed by atoms with van der Waals surface area (Å²) in [6.45, 7) is 1.80. The van der Waals surface area contributed by atoms with E-state index in [-0.39, 0.29) is 35.0 Å². The molecule has 150 valence electrons. The third-order valence-corrected chi connectivity index (χ3v) is 5.76. The van der Waals surface area contributed by atoms with Gasteiger partial charge in [-0.3, -0.25) is 14.4 Å². The van der Waals surface area contributed by atoms with Crippen LogP contribution in [0.4, 0.5) is 5.69 Å². The van der Waals surface area contributed by atoms with Crippen molar-refractivity contribution in [2.24, 2.45) is 0 Å². The van der Waals surface area contributed by atoms with Crippen molar-refractivity contribution in [3.05, 3.63) is 92.5 Å². The van der Waals surface area contributed by atoms with E-state index in [4.69, 9.17) is 4.74 Å². The van der Waals surface area contributed by atoms with Gasteiger partial charge in [0.15, 0.2) is 11.6 Å². The van der Waals surface area contributed by atoms with Crippen molar-refractivity contribution in [3.8, 4) is 5.75 Å². The first-order valence-corrected chi connectivity index (χ1v) is 10.1. The van der Waals surface area contributed by atoms with E-state index < -0.39 is 0 Å². The SMILES string of the molecule is COc1ccc(CC(=O)Nc2c(C)cc(Br)c3c2C(=O)c2ccccc2C3=O)cc1. The molecule has 0 aliphatic heterocycles. The van der Waals surface area contributed by atoms with Crippen molar-refractivity contribution in [2.45, 2.75) is 13.3 Å². The second-order valence-electron chi connectivity index (χ2n) is 7.08. The Morgan fingerprint density at radius 2 is 1.57 bits per heavy atom. The molecule has 0 spiro atoms. The van der Waals surface area contributed by atoms with E-state index in [1.807, 2.05) is 12.1 Å². The fraction of sp³-hybridized carbons (Fsp3) is 0.125. The molecule has 1 aliphatic rings. The van der Waals surface area contributed by atoms with Crippen LogP contribution in [0.2, 0.25) is 0 Å². The number of carbonyl (C=O) groups excluding carboxylic acids is 3. The van der Waals surface area contributed by atoms with Crippen molar-refractivity contribution < 1.29 is 19.1 Å². The topological polar surface area (TPSA) is 72.5 Å². The van der Waals surface area contributed by atoms with E-state index in [0.29, 0.717) is 32.6 Å². The molecule has 3 aromatic carbocycles. The van der Waals surface area contributed by atoms with Crippen molar-refractivity contribution in [1.82, 2.24) is 0 Å². The number of anilines is 1. The first kappa shape index (κ1) is 20.0. The molecule has 3 aromatic rings. The number of nitrogens with one attached hydrogen (secondary N) is 1. The summed E-state index contributed by atoms with van der Waals surface area (Å²) in [7, 11) is 1.58. The van der Waals surface area contributed by atoms with Crippen LogP contribution in [0.1, 0.15) is 43.0 Å². The van der Waals surface area contributed by atoms with Gasteiger partial charge in [-0.05, 0) is 52.2 Å². The zero-order valence-electron chi connectivity index (χ0n) is 16.4. The van der Waals surface area contributed by atoms with Crippen LogP contribution in [0.5, 0.6) is 5.75 Å². The van der Waals surface area contributed by atoms with Gasteiger partial charge < -0.3 is 10.1 Å². The lowest BCUT2D eigenvalue weighted by Gasteiger charge is -2.23. The molecule has 0 saturated heterocycles. The number of hydrogen-bond acceptors (Lipinski definition) is 4. The predicted octanol–water partition coefficient (Wildman–Crippen LogP) is 4.72. The smallest absolute Gasteiger partial charge is 0.228 e. The van der Waals surface area contributed by atoms with Crippen molar-refractivity contribution in [2.75, 3.05) is 12.4 Å². The summed E-state index contributed by atoms with van der Waals surface area (Å²) in [5.74, 6) is -0.0753. The summed E-state index contributed by atoms with van der Waals surface area (Å²) in [6, 6.07) is 15.7. The molecule has 0 bridgehead atoms. The summed E-state index contributed by atoms with van der Waals surface area (Å²) < 4.78 is 5.67. The van der Waals surface area contributed by atoms with E-state index >= 15 is 0 Å². The van der Waals surface area contributed by atoms with E-state index in [1.165, 1.54) is 0 Å². The number of rotatable bonds is 4. The number of halogens is 1. The zero-order chi connectivity index (χ0) is 21.4. The molecule has 0 aromatic heterocycles. The molecule has 0 heterocycles. The van der Waals surface area contributed by atoms with Crippen molar-refractivity contribution >= 4 is 39.1 Å². The minimum absolute atomic E-state index is 0.132. The highest BCUT2D eigenvalue weighted by Crippen LogP contribution is 2.38. The first-order chi connectivity index (χ1) is 14.4. The third kappa shape index (κ3) is 3.44. The van der Waals surface area contributed by atoms with Crippen molar-refractivity contribution in [3.63, 3.8) is 0 Å². The van der Waals surface area contributed by atoms with Gasteiger partial charge in [0.2, 0.25) is 5.91 Å². The van der Waals surface area contributed by atoms with Gasteiger partial charge in [-0.2, -0.15) is 0 Å². The van der Waals surface area contributed by atoms with Gasteiger partial charge in [0.05, 0.1) is 30.3 Å². The Morgan fingerprint density at radius 3 is 2.17 bits per heavy atom. The van der Waals surface area contributed by atoms with Gasteiger partial charge in [-0.1, -0.05) is 36.4 Å². The molecule has 6 heteroatoms. The number of carbonyl (C=O) groups is 3. The minimum atomic E-state index is -0.274. The second-order valence-corrected chi connectivity index (χ2v) is 7.93. The Balaban J connectivity index is 1.71. The lowest BCUT2D eigenvalue weighted by atomic mass is 9.82. The fourth-order valence-corrected chi connectivity index (χ4v) is 4.37. The Morgan fingerprint density at radius 1 is 0.967 bits per heavy atom. The zero-order valence-corrected chi connectivity index (χ0v) is 18.0. The normalized spacial score (nSPS) is 12.2. The molecule has 0 unspecified atom stereocenters. The Hall–Kier alpha value is -3.25. The van der Waals surface area contributed by atoms with Gasteiger partial charge >= 0.3 is 0 Å². The van der Waals surface area contributed by atoms with E-state index in [2.05, 4.69) is 21.2 Å². The number of ketones is 2. The van der Waals surface area contributed by atoms with Crippen LogP contribution in [-0.4, -0.2) is 24.6 Å². The lowest BCUT2D eigenvalue weighted by Crippen LogP contribution is -2.25. The number of benzene rings is 3. The lowest BCUT2D eigenvalue weighted by molar-refractivity contribution is -0.115. The van der Waals surface area contributed by atoms with E-state index in [0.717, 1.165) is 5.56 Å². The maximum absolute atomic E-state index is 13.3. The van der Waals surface area contributed by atoms with Crippen LogP contribution in [0, 0.1) is 6.92 Å². The van der Waals surface area contributed by atoms with Gasteiger partial charge in [-0.15, -0.1) is 0 Å². The average molecular weight is 464 g/mol. The van der Waals surface area contributed by atoms with E-state index in [9.17, 15) is 14.4 Å². The monoisotopic (exact) mass is 463 g/mol. The number of aryl methyl sites for hydroxylation is 1. The van der Waals surface area contributed by atoms with Gasteiger partial charge in [0, 0.05) is 15.6 Å². The fourth-order valence-electron chi connectivity index (χ4n) is 3.65. The van der Waals surface area contributed by atoms with Crippen molar-refractivity contribution in [1.29, 1.82) is 0 Å². The number of hydrogen-bond donors (Lipinski definition) is 1. The van der Waals surface area contributed by atoms with Crippen LogP contribution in [0.25, 0.3) is 0 Å². The van der Waals surface area contributed by atoms with Crippen LogP contribution in [-0.2, 0) is 11.2 Å². The molecule has 1 amide bonds. The number of methoxy groups -OCH3 is 1. The maximum atomic E-state index is 13.3. The molecule has 5 nitrogen and oxygen atoms in total. The van der Waals surface area contributed by atoms with Crippen LogP contribution < -0.4 is 10.1 Å². The van der Waals surface area contributed by atoms with E-state index in [1.54, 1.807) is 56.5 Å². The molecular weight excluding hydrogens is 446 g/mol. The molecule has 0 saturated carbocycles. The Bertz CT molecular complexity index is 1200. The maximum Gasteiger partial charge on any atom is 0.228 e. The average Bonchev–Trinajstić information content (AvgIpc) is 2.74. The molecule has 1 N–H and O–H groups in total. The third-order valence-electron chi connectivity index (χ3n) is 5.13. The highest BCUT2D eigenvalue weighted by Gasteiger charge is 2.34. The minimum Gasteiger partial charge on any atom is -0.497 e. The molecular formula is C24H18BrNO4. The molecule has 0 atom stereocenters. The van der Waals surface area contributed by atoms with Gasteiger partial charge in [0.1, 0.15) is 5.75 Å². The summed E-state index contributed by atoms with van der Waals surface area (Å²) in [6.07, 6.45) is 0.132. The van der Waals surface area contributed by atoms with Crippen LogP contribution in [0.15, 0.2) is 59.1 Å². The number of ether oxygens (including phenoxy) is 1. The van der Waals surface area contributed by atoms with Gasteiger partial charge in [-0.25, -0.2) is 0 Å². The highest BCUT2D eigenvalue weighted by molar-refractivity contribution is 9.10.